The molecule has 0 bridgehead atoms. The van der Waals surface area contributed by atoms with Gasteiger partial charge < -0.3 is 9.47 Å². The van der Waals surface area contributed by atoms with Gasteiger partial charge >= 0.3 is 11.9 Å². The normalized spacial score (nSPS) is 10.1. The molecule has 0 fully saturated rings. The smallest absolute Gasteiger partial charge is 0.335 e. The summed E-state index contributed by atoms with van der Waals surface area (Å²) in [5.74, 6) is -0.433. The van der Waals surface area contributed by atoms with Crippen molar-refractivity contribution in [2.24, 2.45) is 0 Å². The Morgan fingerprint density at radius 2 is 1.07 bits per heavy atom. The molecule has 0 atom stereocenters. The van der Waals surface area contributed by atoms with Crippen molar-refractivity contribution in [1.29, 1.82) is 0 Å². The predicted octanol–water partition coefficient (Wildman–Crippen LogP) is 5.34. The summed E-state index contributed by atoms with van der Waals surface area (Å²) in [5, 5.41) is 0. The third-order valence-corrected chi connectivity index (χ3v) is 4.29. The molecule has 0 saturated carbocycles. The summed E-state index contributed by atoms with van der Waals surface area (Å²) in [4.78, 5) is 22.4. The maximum Gasteiger partial charge on any atom is 0.335 e. The Kier molecular flexibility index (Phi) is 6.38. The maximum atomic E-state index is 11.2. The molecule has 0 aliphatic heterocycles. The molecule has 0 heterocycles. The molecule has 0 saturated heterocycles. The van der Waals surface area contributed by atoms with Gasteiger partial charge in [-0.3, -0.25) is 0 Å². The molecule has 0 N–H and O–H groups in total. The van der Waals surface area contributed by atoms with Crippen molar-refractivity contribution >= 4 is 11.9 Å². The van der Waals surface area contributed by atoms with E-state index in [4.69, 9.17) is 9.47 Å². The lowest BCUT2D eigenvalue weighted by molar-refractivity contribution is -0.139. The van der Waals surface area contributed by atoms with Gasteiger partial charge in [-0.15, -0.1) is 0 Å². The van der Waals surface area contributed by atoms with Gasteiger partial charge in [0.2, 0.25) is 0 Å². The first-order valence-electron chi connectivity index (χ1n) is 9.02. The number of carbonyl (C=O) groups is 2. The first kappa shape index (κ1) is 19.8. The van der Waals surface area contributed by atoms with Crippen LogP contribution in [0, 0.1) is 0 Å². The van der Waals surface area contributed by atoms with Crippen LogP contribution in [0.15, 0.2) is 98.1 Å². The SMILES string of the molecule is C=CC(=O)OCc1ccc(-c2ccc(-c3ccc(OC(=O)C=C)cc3)cc2)cc1. The fourth-order valence-corrected chi connectivity index (χ4v) is 2.74. The molecule has 144 valence electrons. The Balaban J connectivity index is 1.68. The lowest BCUT2D eigenvalue weighted by atomic mass is 9.99. The topological polar surface area (TPSA) is 52.6 Å². The van der Waals surface area contributed by atoms with Crippen molar-refractivity contribution in [2.75, 3.05) is 0 Å². The molecule has 0 spiro atoms. The van der Waals surface area contributed by atoms with Crippen molar-refractivity contribution in [2.45, 2.75) is 6.61 Å². The molecule has 29 heavy (non-hydrogen) atoms. The van der Waals surface area contributed by atoms with Crippen LogP contribution in [0.4, 0.5) is 0 Å². The van der Waals surface area contributed by atoms with Crippen molar-refractivity contribution < 1.29 is 19.1 Å². The standard InChI is InChI=1S/C25H20O4/c1-3-24(26)28-17-18-5-7-19(8-6-18)20-9-11-21(12-10-20)22-13-15-23(16-14-22)29-25(27)4-2/h3-16H,1-2,17H2. The van der Waals surface area contributed by atoms with Gasteiger partial charge in [0.1, 0.15) is 12.4 Å². The molecule has 0 aromatic heterocycles. The van der Waals surface area contributed by atoms with Crippen molar-refractivity contribution in [1.82, 2.24) is 0 Å². The van der Waals surface area contributed by atoms with E-state index in [1.807, 2.05) is 60.7 Å². The number of esters is 2. The molecule has 4 nitrogen and oxygen atoms in total. The van der Waals surface area contributed by atoms with E-state index in [-0.39, 0.29) is 6.61 Å². The monoisotopic (exact) mass is 384 g/mol. The minimum absolute atomic E-state index is 0.224. The molecule has 0 aliphatic carbocycles. The summed E-state index contributed by atoms with van der Waals surface area (Å²) >= 11 is 0. The summed E-state index contributed by atoms with van der Waals surface area (Å²) < 4.78 is 10.1. The number of carbonyl (C=O) groups excluding carboxylic acids is 2. The van der Waals surface area contributed by atoms with Gasteiger partial charge in [-0.05, 0) is 39.9 Å². The van der Waals surface area contributed by atoms with E-state index in [1.54, 1.807) is 12.1 Å². The summed E-state index contributed by atoms with van der Waals surface area (Å²) in [6.07, 6.45) is 2.28. The molecule has 3 rings (SSSR count). The zero-order chi connectivity index (χ0) is 20.6. The van der Waals surface area contributed by atoms with Gasteiger partial charge in [0.05, 0.1) is 0 Å². The van der Waals surface area contributed by atoms with Crippen LogP contribution in [-0.2, 0) is 20.9 Å². The van der Waals surface area contributed by atoms with Crippen LogP contribution < -0.4 is 4.74 Å². The van der Waals surface area contributed by atoms with E-state index in [0.717, 1.165) is 40.0 Å². The number of hydrogen-bond acceptors (Lipinski definition) is 4. The number of hydrogen-bond donors (Lipinski definition) is 0. The van der Waals surface area contributed by atoms with Gasteiger partial charge in [0.25, 0.3) is 0 Å². The highest BCUT2D eigenvalue weighted by Gasteiger charge is 2.04. The highest BCUT2D eigenvalue weighted by atomic mass is 16.5. The predicted molar refractivity (Wildman–Crippen MR) is 113 cm³/mol. The minimum Gasteiger partial charge on any atom is -0.458 e. The molecule has 0 unspecified atom stereocenters. The van der Waals surface area contributed by atoms with Gasteiger partial charge in [-0.25, -0.2) is 9.59 Å². The molecular weight excluding hydrogens is 364 g/mol. The quantitative estimate of drug-likeness (QED) is 0.313. The van der Waals surface area contributed by atoms with E-state index >= 15 is 0 Å². The second-order valence-electron chi connectivity index (χ2n) is 6.24. The zero-order valence-corrected chi connectivity index (χ0v) is 15.8. The van der Waals surface area contributed by atoms with Crippen LogP contribution in [0.25, 0.3) is 22.3 Å². The van der Waals surface area contributed by atoms with E-state index in [9.17, 15) is 9.59 Å². The van der Waals surface area contributed by atoms with Crippen LogP contribution in [0.5, 0.6) is 5.75 Å². The van der Waals surface area contributed by atoms with E-state index in [0.29, 0.717) is 5.75 Å². The van der Waals surface area contributed by atoms with Crippen LogP contribution in [0.2, 0.25) is 0 Å². The fourth-order valence-electron chi connectivity index (χ4n) is 2.74. The highest BCUT2D eigenvalue weighted by molar-refractivity contribution is 5.83. The summed E-state index contributed by atoms with van der Waals surface area (Å²) in [6, 6.07) is 23.3. The molecular formula is C25H20O4. The van der Waals surface area contributed by atoms with Crippen molar-refractivity contribution in [3.8, 4) is 28.0 Å². The van der Waals surface area contributed by atoms with Crippen LogP contribution in [0.1, 0.15) is 5.56 Å². The second kappa shape index (κ2) is 9.33. The molecule has 3 aromatic rings. The Morgan fingerprint density at radius 1 is 0.655 bits per heavy atom. The molecule has 3 aromatic carbocycles. The maximum absolute atomic E-state index is 11.2. The third-order valence-electron chi connectivity index (χ3n) is 4.29. The van der Waals surface area contributed by atoms with E-state index in [1.165, 1.54) is 0 Å². The second-order valence-corrected chi connectivity index (χ2v) is 6.24. The third kappa shape index (κ3) is 5.30. The Hall–Kier alpha value is -3.92. The average Bonchev–Trinajstić information content (AvgIpc) is 2.78. The summed E-state index contributed by atoms with van der Waals surface area (Å²) in [6.45, 7) is 6.98. The molecule has 0 radical (unpaired) electrons. The van der Waals surface area contributed by atoms with E-state index < -0.39 is 11.9 Å². The Morgan fingerprint density at radius 3 is 1.52 bits per heavy atom. The number of ether oxygens (including phenoxy) is 2. The summed E-state index contributed by atoms with van der Waals surface area (Å²) in [7, 11) is 0. The van der Waals surface area contributed by atoms with Gasteiger partial charge in [-0.1, -0.05) is 73.8 Å². The zero-order valence-electron chi connectivity index (χ0n) is 15.8. The fraction of sp³-hybridized carbons (Fsp3) is 0.0400. The van der Waals surface area contributed by atoms with Crippen LogP contribution >= 0.6 is 0 Å². The highest BCUT2D eigenvalue weighted by Crippen LogP contribution is 2.26. The molecule has 0 aliphatic rings. The average molecular weight is 384 g/mol. The van der Waals surface area contributed by atoms with Crippen molar-refractivity contribution in [3.63, 3.8) is 0 Å². The molecule has 4 heteroatoms. The summed E-state index contributed by atoms with van der Waals surface area (Å²) in [5.41, 5.74) is 5.15. The van der Waals surface area contributed by atoms with Crippen LogP contribution in [0.3, 0.4) is 0 Å². The van der Waals surface area contributed by atoms with E-state index in [2.05, 4.69) is 13.2 Å². The van der Waals surface area contributed by atoms with Gasteiger partial charge in [-0.2, -0.15) is 0 Å². The minimum atomic E-state index is -0.480. The number of benzene rings is 3. The number of rotatable bonds is 7. The first-order valence-corrected chi connectivity index (χ1v) is 9.02. The van der Waals surface area contributed by atoms with Crippen molar-refractivity contribution in [3.05, 3.63) is 104 Å². The largest absolute Gasteiger partial charge is 0.458 e. The first-order chi connectivity index (χ1) is 14.1. The van der Waals surface area contributed by atoms with Gasteiger partial charge in [0.15, 0.2) is 0 Å². The lowest BCUT2D eigenvalue weighted by Gasteiger charge is -2.07. The Labute approximate surface area is 169 Å². The Bertz CT molecular complexity index is 1010. The van der Waals surface area contributed by atoms with Crippen LogP contribution in [-0.4, -0.2) is 11.9 Å². The lowest BCUT2D eigenvalue weighted by Crippen LogP contribution is -2.02. The van der Waals surface area contributed by atoms with Gasteiger partial charge in [0, 0.05) is 12.2 Å². The molecule has 0 amide bonds.